The third-order valence-corrected chi connectivity index (χ3v) is 4.76. The average molecular weight is 253 g/mol. The van der Waals surface area contributed by atoms with Crippen LogP contribution in [0.4, 0.5) is 5.69 Å². The molecule has 0 N–H and O–H groups in total. The van der Waals surface area contributed by atoms with Crippen LogP contribution in [0.5, 0.6) is 0 Å². The van der Waals surface area contributed by atoms with Crippen molar-refractivity contribution in [2.24, 2.45) is 23.7 Å². The van der Waals surface area contributed by atoms with E-state index in [1.54, 1.807) is 0 Å². The Morgan fingerprint density at radius 3 is 2.00 bits per heavy atom. The maximum atomic E-state index is 12.5. The van der Waals surface area contributed by atoms with Crippen LogP contribution in [-0.2, 0) is 9.59 Å². The summed E-state index contributed by atoms with van der Waals surface area (Å²) in [6.07, 6.45) is 5.22. The molecule has 1 saturated heterocycles. The smallest absolute Gasteiger partial charge is 0.238 e. The Labute approximate surface area is 111 Å². The molecule has 2 aliphatic carbocycles. The molecule has 1 aromatic rings. The van der Waals surface area contributed by atoms with Gasteiger partial charge in [-0.3, -0.25) is 14.5 Å². The molecule has 3 nitrogen and oxygen atoms in total. The van der Waals surface area contributed by atoms with Gasteiger partial charge in [0.2, 0.25) is 11.8 Å². The zero-order valence-corrected chi connectivity index (χ0v) is 10.7. The molecule has 1 heterocycles. The quantitative estimate of drug-likeness (QED) is 0.569. The van der Waals surface area contributed by atoms with Crippen LogP contribution in [0, 0.1) is 30.6 Å². The summed E-state index contributed by atoms with van der Waals surface area (Å²) < 4.78 is 0. The molecule has 3 heteroatoms. The SMILES string of the molecule is Cc1ccc(N2C(=O)[C@H]3[C@H](C2=O)[C@H]2C=C[C@H]3C2)cc1. The first-order chi connectivity index (χ1) is 9.16. The van der Waals surface area contributed by atoms with Gasteiger partial charge in [-0.1, -0.05) is 29.8 Å². The summed E-state index contributed by atoms with van der Waals surface area (Å²) in [5.74, 6) is 0.336. The Kier molecular flexibility index (Phi) is 2.06. The average Bonchev–Trinajstić information content (AvgIpc) is 3.06. The molecule has 2 bridgehead atoms. The van der Waals surface area contributed by atoms with Crippen LogP contribution < -0.4 is 4.90 Å². The van der Waals surface area contributed by atoms with Gasteiger partial charge in [0.05, 0.1) is 17.5 Å². The zero-order chi connectivity index (χ0) is 13.1. The van der Waals surface area contributed by atoms with Crippen LogP contribution in [0.15, 0.2) is 36.4 Å². The summed E-state index contributed by atoms with van der Waals surface area (Å²) in [6.45, 7) is 2.00. The van der Waals surface area contributed by atoms with Gasteiger partial charge in [0.25, 0.3) is 0 Å². The molecule has 1 saturated carbocycles. The van der Waals surface area contributed by atoms with E-state index >= 15 is 0 Å². The van der Waals surface area contributed by atoms with Crippen molar-refractivity contribution in [3.05, 3.63) is 42.0 Å². The third-order valence-electron chi connectivity index (χ3n) is 4.76. The van der Waals surface area contributed by atoms with Crippen LogP contribution in [0.2, 0.25) is 0 Å². The number of carbonyl (C=O) groups is 2. The summed E-state index contributed by atoms with van der Waals surface area (Å²) in [4.78, 5) is 26.5. The van der Waals surface area contributed by atoms with E-state index in [-0.39, 0.29) is 35.5 Å². The van der Waals surface area contributed by atoms with Gasteiger partial charge in [0.15, 0.2) is 0 Å². The van der Waals surface area contributed by atoms with Gasteiger partial charge in [-0.15, -0.1) is 0 Å². The molecule has 0 radical (unpaired) electrons. The highest BCUT2D eigenvalue weighted by Crippen LogP contribution is 2.53. The molecule has 2 fully saturated rings. The van der Waals surface area contributed by atoms with Crippen LogP contribution in [-0.4, -0.2) is 11.8 Å². The van der Waals surface area contributed by atoms with E-state index in [0.29, 0.717) is 0 Å². The van der Waals surface area contributed by atoms with Crippen molar-refractivity contribution < 1.29 is 9.59 Å². The molecule has 19 heavy (non-hydrogen) atoms. The number of nitrogens with zero attached hydrogens (tertiary/aromatic N) is 1. The van der Waals surface area contributed by atoms with E-state index in [9.17, 15) is 9.59 Å². The fraction of sp³-hybridized carbons (Fsp3) is 0.375. The summed E-state index contributed by atoms with van der Waals surface area (Å²) in [7, 11) is 0. The highest BCUT2D eigenvalue weighted by Gasteiger charge is 2.59. The number of aryl methyl sites for hydroxylation is 1. The zero-order valence-electron chi connectivity index (χ0n) is 10.7. The van der Waals surface area contributed by atoms with Gasteiger partial charge < -0.3 is 0 Å². The summed E-state index contributed by atoms with van der Waals surface area (Å²) in [5, 5.41) is 0. The molecule has 3 aliphatic rings. The number of benzene rings is 1. The first kappa shape index (κ1) is 11.0. The number of fused-ring (bicyclic) bond motifs is 5. The lowest BCUT2D eigenvalue weighted by Crippen LogP contribution is -2.32. The third kappa shape index (κ3) is 1.33. The fourth-order valence-electron chi connectivity index (χ4n) is 3.85. The van der Waals surface area contributed by atoms with Gasteiger partial charge in [0.1, 0.15) is 0 Å². The minimum Gasteiger partial charge on any atom is -0.274 e. The fourth-order valence-corrected chi connectivity index (χ4v) is 3.85. The highest BCUT2D eigenvalue weighted by molar-refractivity contribution is 6.22. The van der Waals surface area contributed by atoms with E-state index < -0.39 is 0 Å². The van der Waals surface area contributed by atoms with Crippen LogP contribution >= 0.6 is 0 Å². The predicted molar refractivity (Wildman–Crippen MR) is 71.4 cm³/mol. The molecular formula is C16H15NO2. The number of carbonyl (C=O) groups excluding carboxylic acids is 2. The van der Waals surface area contributed by atoms with Crippen molar-refractivity contribution in [1.29, 1.82) is 0 Å². The molecule has 1 aromatic carbocycles. The van der Waals surface area contributed by atoms with Gasteiger partial charge in [-0.2, -0.15) is 0 Å². The second-order valence-corrected chi connectivity index (χ2v) is 5.85. The summed E-state index contributed by atoms with van der Waals surface area (Å²) in [6, 6.07) is 7.61. The summed E-state index contributed by atoms with van der Waals surface area (Å²) in [5.41, 5.74) is 1.85. The van der Waals surface area contributed by atoms with Crippen molar-refractivity contribution in [2.45, 2.75) is 13.3 Å². The maximum absolute atomic E-state index is 12.5. The van der Waals surface area contributed by atoms with Crippen molar-refractivity contribution >= 4 is 17.5 Å². The highest BCUT2D eigenvalue weighted by atomic mass is 16.2. The van der Waals surface area contributed by atoms with E-state index in [1.165, 1.54) is 4.90 Å². The Bertz CT molecular complexity index is 572. The Morgan fingerprint density at radius 1 is 0.947 bits per heavy atom. The van der Waals surface area contributed by atoms with E-state index in [0.717, 1.165) is 17.7 Å². The number of anilines is 1. The lowest BCUT2D eigenvalue weighted by atomic mass is 9.85. The monoisotopic (exact) mass is 253 g/mol. The van der Waals surface area contributed by atoms with Crippen molar-refractivity contribution in [3.8, 4) is 0 Å². The number of rotatable bonds is 1. The molecule has 4 atom stereocenters. The molecule has 1 aliphatic heterocycles. The number of amides is 2. The Morgan fingerprint density at radius 2 is 1.47 bits per heavy atom. The van der Waals surface area contributed by atoms with Crippen molar-refractivity contribution in [2.75, 3.05) is 4.90 Å². The predicted octanol–water partition coefficient (Wildman–Crippen LogP) is 2.31. The standard InChI is InChI=1S/C16H15NO2/c1-9-2-6-12(7-3-9)17-15(18)13-10-4-5-11(8-10)14(13)16(17)19/h2-7,10-11,13-14H,8H2,1H3/t10-,11-,13+,14+/m0/s1. The minimum absolute atomic E-state index is 0.00398. The Balaban J connectivity index is 1.74. The van der Waals surface area contributed by atoms with E-state index in [1.807, 2.05) is 31.2 Å². The topological polar surface area (TPSA) is 37.4 Å². The van der Waals surface area contributed by atoms with Crippen LogP contribution in [0.3, 0.4) is 0 Å². The largest absolute Gasteiger partial charge is 0.274 e. The first-order valence-electron chi connectivity index (χ1n) is 6.79. The van der Waals surface area contributed by atoms with Gasteiger partial charge in [0, 0.05) is 0 Å². The molecule has 0 spiro atoms. The Hall–Kier alpha value is -1.90. The summed E-state index contributed by atoms with van der Waals surface area (Å²) >= 11 is 0. The minimum atomic E-state index is -0.108. The lowest BCUT2D eigenvalue weighted by molar-refractivity contribution is -0.123. The molecule has 2 amide bonds. The van der Waals surface area contributed by atoms with Gasteiger partial charge >= 0.3 is 0 Å². The number of hydrogen-bond donors (Lipinski definition) is 0. The maximum Gasteiger partial charge on any atom is 0.238 e. The lowest BCUT2D eigenvalue weighted by Gasteiger charge is -2.17. The van der Waals surface area contributed by atoms with Crippen molar-refractivity contribution in [1.82, 2.24) is 0 Å². The number of hydrogen-bond acceptors (Lipinski definition) is 2. The van der Waals surface area contributed by atoms with Gasteiger partial charge in [-0.25, -0.2) is 0 Å². The van der Waals surface area contributed by atoms with E-state index in [4.69, 9.17) is 0 Å². The van der Waals surface area contributed by atoms with Crippen molar-refractivity contribution in [3.63, 3.8) is 0 Å². The van der Waals surface area contributed by atoms with Crippen LogP contribution in [0.1, 0.15) is 12.0 Å². The molecular weight excluding hydrogens is 238 g/mol. The molecule has 4 rings (SSSR count). The second kappa shape index (κ2) is 3.56. The van der Waals surface area contributed by atoms with E-state index in [2.05, 4.69) is 12.2 Å². The number of imide groups is 1. The molecule has 0 aromatic heterocycles. The molecule has 96 valence electrons. The molecule has 0 unspecified atom stereocenters. The normalized spacial score (nSPS) is 35.3. The van der Waals surface area contributed by atoms with Gasteiger partial charge in [-0.05, 0) is 37.3 Å². The second-order valence-electron chi connectivity index (χ2n) is 5.85. The number of allylic oxidation sites excluding steroid dienone is 2. The van der Waals surface area contributed by atoms with Crippen LogP contribution in [0.25, 0.3) is 0 Å². The first-order valence-corrected chi connectivity index (χ1v) is 6.79.